The van der Waals surface area contributed by atoms with E-state index in [0.717, 1.165) is 11.1 Å². The molecule has 0 aliphatic carbocycles. The van der Waals surface area contributed by atoms with Crippen molar-refractivity contribution in [3.05, 3.63) is 64.6 Å². The van der Waals surface area contributed by atoms with Gasteiger partial charge in [-0.3, -0.25) is 9.29 Å². The van der Waals surface area contributed by atoms with E-state index in [4.69, 9.17) is 0 Å². The molecule has 0 fully saturated rings. The number of H-pyrrole nitrogens is 1. The van der Waals surface area contributed by atoms with E-state index in [-0.39, 0.29) is 11.4 Å². The zero-order valence-corrected chi connectivity index (χ0v) is 13.4. The van der Waals surface area contributed by atoms with E-state index in [9.17, 15) is 13.2 Å². The summed E-state index contributed by atoms with van der Waals surface area (Å²) < 4.78 is 28.4. The molecule has 7 heteroatoms. The summed E-state index contributed by atoms with van der Waals surface area (Å²) in [6.45, 7) is 0. The molecule has 120 valence electrons. The topological polar surface area (TPSA) is 84.0 Å². The molecule has 0 saturated heterocycles. The molecule has 0 saturated carbocycles. The van der Waals surface area contributed by atoms with Gasteiger partial charge in [0.25, 0.3) is 0 Å². The fraction of sp³-hybridized carbons (Fsp3) is 0.188. The van der Waals surface area contributed by atoms with E-state index in [1.807, 2.05) is 30.3 Å². The van der Waals surface area contributed by atoms with Gasteiger partial charge in [-0.2, -0.15) is 0 Å². The quantitative estimate of drug-likeness (QED) is 0.748. The predicted octanol–water partition coefficient (Wildman–Crippen LogP) is 1.85. The molecule has 0 unspecified atom stereocenters. The van der Waals surface area contributed by atoms with Crippen molar-refractivity contribution in [3.8, 4) is 0 Å². The number of hydrogen-bond acceptors (Lipinski definition) is 3. The van der Waals surface area contributed by atoms with Gasteiger partial charge in [0, 0.05) is 7.05 Å². The van der Waals surface area contributed by atoms with Gasteiger partial charge < -0.3 is 4.98 Å². The standard InChI is InChI=1S/C16H17N3O3S/c1-19-15-8-7-13(11-14(15)17-16(19)20)18-23(21,22)10-9-12-5-3-2-4-6-12/h2-8,11,18H,9-10H2,1H3,(H,17,20). The summed E-state index contributed by atoms with van der Waals surface area (Å²) in [5.74, 6) is 0.000357. The third-order valence-electron chi connectivity index (χ3n) is 3.68. The Bertz CT molecular complexity index is 988. The van der Waals surface area contributed by atoms with Gasteiger partial charge in [-0.1, -0.05) is 30.3 Å². The largest absolute Gasteiger partial charge is 0.326 e. The van der Waals surface area contributed by atoms with Crippen LogP contribution in [0, 0.1) is 0 Å². The molecule has 0 atom stereocenters. The summed E-state index contributed by atoms with van der Waals surface area (Å²) in [6.07, 6.45) is 0.445. The normalized spacial score (nSPS) is 11.7. The maximum absolute atomic E-state index is 12.2. The molecule has 1 aromatic heterocycles. The first kappa shape index (κ1) is 15.4. The van der Waals surface area contributed by atoms with E-state index in [0.29, 0.717) is 17.6 Å². The maximum Gasteiger partial charge on any atom is 0.326 e. The predicted molar refractivity (Wildman–Crippen MR) is 91.1 cm³/mol. The number of rotatable bonds is 5. The number of hydrogen-bond donors (Lipinski definition) is 2. The highest BCUT2D eigenvalue weighted by molar-refractivity contribution is 7.92. The van der Waals surface area contributed by atoms with Crippen molar-refractivity contribution in [2.75, 3.05) is 10.5 Å². The van der Waals surface area contributed by atoms with Crippen LogP contribution in [-0.4, -0.2) is 23.7 Å². The first-order chi connectivity index (χ1) is 10.9. The molecular formula is C16H17N3O3S. The number of nitrogens with one attached hydrogen (secondary N) is 2. The molecule has 2 aromatic carbocycles. The summed E-state index contributed by atoms with van der Waals surface area (Å²) in [4.78, 5) is 14.2. The minimum absolute atomic E-state index is 0.000357. The molecule has 0 radical (unpaired) electrons. The zero-order valence-electron chi connectivity index (χ0n) is 12.6. The molecule has 0 aliphatic rings. The molecule has 0 aliphatic heterocycles. The lowest BCUT2D eigenvalue weighted by Crippen LogP contribution is -2.18. The highest BCUT2D eigenvalue weighted by Gasteiger charge is 2.12. The molecular weight excluding hydrogens is 314 g/mol. The second-order valence-electron chi connectivity index (χ2n) is 5.38. The Balaban J connectivity index is 1.76. The van der Waals surface area contributed by atoms with Gasteiger partial charge in [-0.05, 0) is 30.2 Å². The summed E-state index contributed by atoms with van der Waals surface area (Å²) in [5.41, 5.74) is 2.50. The fourth-order valence-electron chi connectivity index (χ4n) is 2.43. The molecule has 1 heterocycles. The molecule has 2 N–H and O–H groups in total. The molecule has 23 heavy (non-hydrogen) atoms. The monoisotopic (exact) mass is 331 g/mol. The molecule has 6 nitrogen and oxygen atoms in total. The Morgan fingerprint density at radius 3 is 2.61 bits per heavy atom. The van der Waals surface area contributed by atoms with E-state index in [1.165, 1.54) is 4.57 Å². The Morgan fingerprint density at radius 1 is 1.13 bits per heavy atom. The van der Waals surface area contributed by atoms with Gasteiger partial charge in [0.15, 0.2) is 0 Å². The lowest BCUT2D eigenvalue weighted by atomic mass is 10.2. The minimum Gasteiger partial charge on any atom is -0.305 e. The first-order valence-electron chi connectivity index (χ1n) is 7.18. The third kappa shape index (κ3) is 3.45. The van der Waals surface area contributed by atoms with Crippen LogP contribution in [0.3, 0.4) is 0 Å². The minimum atomic E-state index is -3.45. The number of aromatic amines is 1. The van der Waals surface area contributed by atoms with Crippen molar-refractivity contribution in [2.45, 2.75) is 6.42 Å². The van der Waals surface area contributed by atoms with Crippen LogP contribution in [0.5, 0.6) is 0 Å². The number of nitrogens with zero attached hydrogens (tertiary/aromatic N) is 1. The van der Waals surface area contributed by atoms with Crippen LogP contribution >= 0.6 is 0 Å². The second kappa shape index (κ2) is 5.92. The Morgan fingerprint density at radius 2 is 1.87 bits per heavy atom. The molecule has 0 amide bonds. The summed E-state index contributed by atoms with van der Waals surface area (Å²) >= 11 is 0. The number of anilines is 1. The second-order valence-corrected chi connectivity index (χ2v) is 7.22. The average molecular weight is 331 g/mol. The fourth-order valence-corrected chi connectivity index (χ4v) is 3.52. The average Bonchev–Trinajstić information content (AvgIpc) is 2.80. The van der Waals surface area contributed by atoms with Crippen LogP contribution < -0.4 is 10.4 Å². The lowest BCUT2D eigenvalue weighted by Gasteiger charge is -2.08. The summed E-state index contributed by atoms with van der Waals surface area (Å²) in [6, 6.07) is 14.4. The van der Waals surface area contributed by atoms with Gasteiger partial charge in [0.2, 0.25) is 10.0 Å². The van der Waals surface area contributed by atoms with Crippen molar-refractivity contribution in [1.29, 1.82) is 0 Å². The van der Waals surface area contributed by atoms with E-state index in [1.54, 1.807) is 25.2 Å². The van der Waals surface area contributed by atoms with Crippen molar-refractivity contribution in [3.63, 3.8) is 0 Å². The van der Waals surface area contributed by atoms with Gasteiger partial charge >= 0.3 is 5.69 Å². The van der Waals surface area contributed by atoms with Crippen molar-refractivity contribution in [2.24, 2.45) is 7.05 Å². The van der Waals surface area contributed by atoms with E-state index in [2.05, 4.69) is 9.71 Å². The van der Waals surface area contributed by atoms with Crippen LogP contribution in [0.2, 0.25) is 0 Å². The smallest absolute Gasteiger partial charge is 0.305 e. The lowest BCUT2D eigenvalue weighted by molar-refractivity contribution is 0.600. The number of benzene rings is 2. The van der Waals surface area contributed by atoms with E-state index < -0.39 is 10.0 Å². The molecule has 3 rings (SSSR count). The SMILES string of the molecule is Cn1c(=O)[nH]c2cc(NS(=O)(=O)CCc3ccccc3)ccc21. The summed E-state index contributed by atoms with van der Waals surface area (Å²) in [5, 5.41) is 0. The van der Waals surface area contributed by atoms with Gasteiger partial charge in [-0.25, -0.2) is 13.2 Å². The van der Waals surface area contributed by atoms with Crippen LogP contribution in [0.4, 0.5) is 5.69 Å². The zero-order chi connectivity index (χ0) is 16.4. The van der Waals surface area contributed by atoms with Crippen molar-refractivity contribution < 1.29 is 8.42 Å². The highest BCUT2D eigenvalue weighted by Crippen LogP contribution is 2.17. The van der Waals surface area contributed by atoms with Crippen molar-refractivity contribution in [1.82, 2.24) is 9.55 Å². The molecule has 0 bridgehead atoms. The Hall–Kier alpha value is -2.54. The van der Waals surface area contributed by atoms with Crippen LogP contribution in [0.15, 0.2) is 53.3 Å². The number of imidazole rings is 1. The number of fused-ring (bicyclic) bond motifs is 1. The third-order valence-corrected chi connectivity index (χ3v) is 4.97. The van der Waals surface area contributed by atoms with Gasteiger partial charge in [-0.15, -0.1) is 0 Å². The van der Waals surface area contributed by atoms with Gasteiger partial charge in [0.1, 0.15) is 0 Å². The van der Waals surface area contributed by atoms with Crippen LogP contribution in [-0.2, 0) is 23.5 Å². The molecule has 3 aromatic rings. The highest BCUT2D eigenvalue weighted by atomic mass is 32.2. The van der Waals surface area contributed by atoms with Gasteiger partial charge in [0.05, 0.1) is 22.5 Å². The Kier molecular flexibility index (Phi) is 3.96. The summed E-state index contributed by atoms with van der Waals surface area (Å²) in [7, 11) is -1.80. The molecule has 0 spiro atoms. The van der Waals surface area contributed by atoms with Crippen LogP contribution in [0.1, 0.15) is 5.56 Å². The number of aromatic nitrogens is 2. The first-order valence-corrected chi connectivity index (χ1v) is 8.83. The van der Waals surface area contributed by atoms with Crippen molar-refractivity contribution >= 4 is 26.7 Å². The Labute approximate surface area is 133 Å². The maximum atomic E-state index is 12.2. The van der Waals surface area contributed by atoms with E-state index >= 15 is 0 Å². The van der Waals surface area contributed by atoms with Crippen LogP contribution in [0.25, 0.3) is 11.0 Å². The number of sulfonamides is 1. The number of aryl methyl sites for hydroxylation is 2.